The van der Waals surface area contributed by atoms with Crippen LogP contribution in [0.1, 0.15) is 48.8 Å². The van der Waals surface area contributed by atoms with E-state index in [-0.39, 0.29) is 29.4 Å². The van der Waals surface area contributed by atoms with Gasteiger partial charge in [-0.3, -0.25) is 4.72 Å². The van der Waals surface area contributed by atoms with Gasteiger partial charge < -0.3 is 14.8 Å². The predicted molar refractivity (Wildman–Crippen MR) is 165 cm³/mol. The van der Waals surface area contributed by atoms with Crippen LogP contribution >= 0.6 is 0 Å². The van der Waals surface area contributed by atoms with E-state index in [4.69, 9.17) is 9.47 Å². The molecule has 1 aliphatic carbocycles. The molecule has 5 rings (SSSR count). The second-order valence-corrected chi connectivity index (χ2v) is 12.5. The largest absolute Gasteiger partial charge is 0.487 e. The smallest absolute Gasteiger partial charge is 0.184 e. The van der Waals surface area contributed by atoms with Crippen molar-refractivity contribution in [3.05, 3.63) is 119 Å². The molecule has 226 valence electrons. The minimum atomic E-state index is -1.65. The van der Waals surface area contributed by atoms with Gasteiger partial charge in [0.2, 0.25) is 0 Å². The quantitative estimate of drug-likeness (QED) is 0.133. The highest BCUT2D eigenvalue weighted by Gasteiger charge is 2.48. The van der Waals surface area contributed by atoms with Crippen molar-refractivity contribution in [2.75, 3.05) is 16.6 Å². The highest BCUT2D eigenvalue weighted by Crippen LogP contribution is 2.48. The lowest BCUT2D eigenvalue weighted by Gasteiger charge is -2.22. The average Bonchev–Trinajstić information content (AvgIpc) is 3.81. The lowest BCUT2D eigenvalue weighted by Crippen LogP contribution is -2.24. The molecule has 0 radical (unpaired) electrons. The molecule has 0 aliphatic heterocycles. The van der Waals surface area contributed by atoms with Crippen molar-refractivity contribution in [2.24, 2.45) is 0 Å². The Labute approximate surface area is 253 Å². The molecule has 1 fully saturated rings. The molecule has 9 heteroatoms. The molecule has 43 heavy (non-hydrogen) atoms. The molecule has 4 aromatic rings. The van der Waals surface area contributed by atoms with Gasteiger partial charge in [0, 0.05) is 12.7 Å². The summed E-state index contributed by atoms with van der Waals surface area (Å²) in [6, 6.07) is 24.5. The summed E-state index contributed by atoms with van der Waals surface area (Å²) in [5, 5.41) is 2.69. The summed E-state index contributed by atoms with van der Waals surface area (Å²) in [6.07, 6.45) is 3.76. The molecule has 2 N–H and O–H groups in total. The maximum absolute atomic E-state index is 15.3. The van der Waals surface area contributed by atoms with Gasteiger partial charge in [-0.2, -0.15) is 0 Å². The van der Waals surface area contributed by atoms with Crippen LogP contribution in [-0.2, 0) is 28.9 Å². The number of anilines is 3. The molecule has 0 bridgehead atoms. The Morgan fingerprint density at radius 2 is 1.49 bits per heavy atom. The van der Waals surface area contributed by atoms with Gasteiger partial charge in [-0.1, -0.05) is 66.7 Å². The topological polar surface area (TPSA) is 59.6 Å². The first-order valence-corrected chi connectivity index (χ1v) is 15.5. The minimum Gasteiger partial charge on any atom is -0.487 e. The molecule has 5 nitrogen and oxygen atoms in total. The molecular formula is C34H35F3N2O3S. The maximum Gasteiger partial charge on any atom is 0.184 e. The van der Waals surface area contributed by atoms with Crippen LogP contribution in [0.2, 0.25) is 0 Å². The fraction of sp³-hybridized carbons (Fsp3) is 0.294. The summed E-state index contributed by atoms with van der Waals surface area (Å²) in [5.74, 6) is -3.06. The van der Waals surface area contributed by atoms with E-state index in [1.165, 1.54) is 12.1 Å². The number of aryl methyl sites for hydroxylation is 1. The van der Waals surface area contributed by atoms with Gasteiger partial charge in [-0.15, -0.1) is 0 Å². The fourth-order valence-electron chi connectivity index (χ4n) is 4.81. The van der Waals surface area contributed by atoms with E-state index in [1.54, 1.807) is 13.0 Å². The van der Waals surface area contributed by atoms with Crippen LogP contribution in [0, 0.1) is 24.4 Å². The molecule has 1 unspecified atom stereocenters. The molecule has 1 aliphatic rings. The number of hydrogen-bond acceptors (Lipinski definition) is 4. The van der Waals surface area contributed by atoms with Crippen LogP contribution in [0.15, 0.2) is 84.9 Å². The van der Waals surface area contributed by atoms with Gasteiger partial charge in [0.25, 0.3) is 0 Å². The Bertz CT molecular complexity index is 1550. The van der Waals surface area contributed by atoms with Crippen LogP contribution in [0.25, 0.3) is 0 Å². The maximum atomic E-state index is 15.3. The molecule has 1 saturated carbocycles. The second kappa shape index (κ2) is 14.1. The minimum absolute atomic E-state index is 0.0226. The summed E-state index contributed by atoms with van der Waals surface area (Å²) in [6.45, 7) is 2.92. The third-order valence-electron chi connectivity index (χ3n) is 7.48. The van der Waals surface area contributed by atoms with Crippen molar-refractivity contribution in [3.8, 4) is 5.75 Å². The summed E-state index contributed by atoms with van der Waals surface area (Å²) in [4.78, 5) is 0. The lowest BCUT2D eigenvalue weighted by atomic mass is 10.2. The third-order valence-corrected chi connectivity index (χ3v) is 9.27. The zero-order valence-electron chi connectivity index (χ0n) is 24.0. The van der Waals surface area contributed by atoms with E-state index in [9.17, 15) is 13.0 Å². The number of ether oxygens (including phenoxy) is 2. The van der Waals surface area contributed by atoms with Crippen molar-refractivity contribution >= 4 is 28.0 Å². The van der Waals surface area contributed by atoms with Crippen LogP contribution in [0.4, 0.5) is 30.2 Å². The van der Waals surface area contributed by atoms with Crippen molar-refractivity contribution in [3.63, 3.8) is 0 Å². The Balaban J connectivity index is 1.31. The van der Waals surface area contributed by atoms with E-state index < -0.39 is 33.2 Å². The molecule has 0 saturated heterocycles. The lowest BCUT2D eigenvalue weighted by molar-refractivity contribution is 0.116. The van der Waals surface area contributed by atoms with Crippen molar-refractivity contribution < 1.29 is 26.9 Å². The molecule has 0 heterocycles. The zero-order chi connectivity index (χ0) is 30.2. The predicted octanol–water partition coefficient (Wildman–Crippen LogP) is 8.73. The van der Waals surface area contributed by atoms with Crippen LogP contribution in [-0.4, -0.2) is 15.6 Å². The van der Waals surface area contributed by atoms with E-state index >= 15 is 4.39 Å². The zero-order valence-corrected chi connectivity index (χ0v) is 24.8. The summed E-state index contributed by atoms with van der Waals surface area (Å²) >= 11 is 0. The third kappa shape index (κ3) is 7.97. The number of nitrogens with one attached hydrogen (secondary N) is 2. The highest BCUT2D eigenvalue weighted by molar-refractivity contribution is 7.88. The van der Waals surface area contributed by atoms with Gasteiger partial charge in [-0.25, -0.2) is 17.4 Å². The van der Waals surface area contributed by atoms with Crippen molar-refractivity contribution in [1.29, 1.82) is 0 Å². The van der Waals surface area contributed by atoms with E-state index in [0.717, 1.165) is 42.9 Å². The summed E-state index contributed by atoms with van der Waals surface area (Å²) in [5.41, 5.74) is 2.16. The fourth-order valence-corrected chi connectivity index (χ4v) is 6.22. The van der Waals surface area contributed by atoms with Gasteiger partial charge in [0.15, 0.2) is 11.6 Å². The monoisotopic (exact) mass is 608 g/mol. The second-order valence-electron chi connectivity index (χ2n) is 10.9. The van der Waals surface area contributed by atoms with E-state index in [2.05, 4.69) is 10.0 Å². The van der Waals surface area contributed by atoms with Gasteiger partial charge in [-0.05, 0) is 67.9 Å². The van der Waals surface area contributed by atoms with Gasteiger partial charge in [0.05, 0.1) is 17.0 Å². The SMILES string of the molecule is Cc1ccc(Nc2c(F)c(F)cc(OCc3ccccc3)c2NS(=O)C2(CCCCOCc3ccccc3)CC2)c(F)c1. The van der Waals surface area contributed by atoms with Crippen LogP contribution in [0.3, 0.4) is 0 Å². The molecule has 1 atom stereocenters. The van der Waals surface area contributed by atoms with Crippen LogP contribution in [0.5, 0.6) is 5.75 Å². The molecular weight excluding hydrogens is 573 g/mol. The highest BCUT2D eigenvalue weighted by atomic mass is 32.2. The Kier molecular flexibility index (Phi) is 10.0. The standard InChI is InChI=1S/C34H35F3N2O3S/c1-24-14-15-29(27(35)20-24)38-33-31(37)28(36)21-30(42-23-26-12-6-3-7-13-26)32(33)39-43(40)34(17-18-34)16-8-9-19-41-22-25-10-4-2-5-11-25/h2-7,10-15,20-21,38-39H,8-9,16-19,22-23H2,1H3. The van der Waals surface area contributed by atoms with Gasteiger partial charge >= 0.3 is 0 Å². The molecule has 4 aromatic carbocycles. The molecule has 0 aromatic heterocycles. The average molecular weight is 609 g/mol. The number of halogens is 3. The Hall–Kier alpha value is -3.82. The normalized spacial score (nSPS) is 14.2. The number of rotatable bonds is 15. The van der Waals surface area contributed by atoms with E-state index in [1.807, 2.05) is 60.7 Å². The number of unbranched alkanes of at least 4 members (excludes halogenated alkanes) is 1. The van der Waals surface area contributed by atoms with Gasteiger partial charge in [0.1, 0.15) is 40.5 Å². The Morgan fingerprint density at radius 1 is 0.814 bits per heavy atom. The van der Waals surface area contributed by atoms with Crippen molar-refractivity contribution in [1.82, 2.24) is 0 Å². The molecule has 0 amide bonds. The number of benzene rings is 4. The van der Waals surface area contributed by atoms with Crippen molar-refractivity contribution in [2.45, 2.75) is 57.0 Å². The Morgan fingerprint density at radius 3 is 2.14 bits per heavy atom. The summed E-state index contributed by atoms with van der Waals surface area (Å²) in [7, 11) is -1.65. The molecule has 0 spiro atoms. The first-order valence-electron chi connectivity index (χ1n) is 14.4. The van der Waals surface area contributed by atoms with Crippen LogP contribution < -0.4 is 14.8 Å². The number of hydrogen-bond donors (Lipinski definition) is 2. The first-order chi connectivity index (χ1) is 20.8. The first kappa shape index (κ1) is 30.6. The summed E-state index contributed by atoms with van der Waals surface area (Å²) < 4.78 is 72.8. The van der Waals surface area contributed by atoms with E-state index in [0.29, 0.717) is 25.2 Å².